The molecule has 3 nitrogen and oxygen atoms in total. The largest absolute Gasteiger partial charge is 0.472 e. The lowest BCUT2D eigenvalue weighted by atomic mass is 9.91. The van der Waals surface area contributed by atoms with Crippen LogP contribution in [0.3, 0.4) is 0 Å². The third-order valence-electron chi connectivity index (χ3n) is 3.34. The summed E-state index contributed by atoms with van der Waals surface area (Å²) in [7, 11) is 0. The van der Waals surface area contributed by atoms with Crippen molar-refractivity contribution in [3.05, 3.63) is 34.9 Å². The number of aliphatic hydroxyl groups is 1. The third kappa shape index (κ3) is 2.17. The van der Waals surface area contributed by atoms with Crippen LogP contribution in [-0.2, 0) is 4.74 Å². The number of benzene rings is 1. The standard InChI is InChI=1S/C13H14ClNO2/c14-9-3-1-2-8(6-9)13-15-11-7-10(16)4-5-12(11)17-13/h1-3,6,10-12,16H,4-5,7H2. The Kier molecular flexibility index (Phi) is 2.81. The molecule has 1 aliphatic carbocycles. The summed E-state index contributed by atoms with van der Waals surface area (Å²) in [6.07, 6.45) is 2.28. The maximum absolute atomic E-state index is 9.61. The first-order chi connectivity index (χ1) is 8.22. The van der Waals surface area contributed by atoms with E-state index in [0.29, 0.717) is 17.3 Å². The summed E-state index contributed by atoms with van der Waals surface area (Å²) >= 11 is 5.95. The molecule has 1 saturated carbocycles. The van der Waals surface area contributed by atoms with E-state index >= 15 is 0 Å². The number of fused-ring (bicyclic) bond motifs is 1. The molecular formula is C13H14ClNO2. The Morgan fingerprint density at radius 1 is 1.35 bits per heavy atom. The van der Waals surface area contributed by atoms with Gasteiger partial charge >= 0.3 is 0 Å². The van der Waals surface area contributed by atoms with Crippen LogP contribution in [0.1, 0.15) is 24.8 Å². The fourth-order valence-corrected chi connectivity index (χ4v) is 2.65. The fraction of sp³-hybridized carbons (Fsp3) is 0.462. The van der Waals surface area contributed by atoms with Crippen LogP contribution in [0.5, 0.6) is 0 Å². The molecule has 1 heterocycles. The Bertz CT molecular complexity index is 460. The van der Waals surface area contributed by atoms with Gasteiger partial charge in [0.15, 0.2) is 0 Å². The molecule has 1 aromatic carbocycles. The molecule has 3 atom stereocenters. The second-order valence-corrected chi connectivity index (χ2v) is 5.07. The number of rotatable bonds is 1. The number of hydrogen-bond donors (Lipinski definition) is 1. The smallest absolute Gasteiger partial charge is 0.216 e. The number of nitrogens with zero attached hydrogens (tertiary/aromatic N) is 1. The highest BCUT2D eigenvalue weighted by Crippen LogP contribution is 2.30. The van der Waals surface area contributed by atoms with Gasteiger partial charge in [0.25, 0.3) is 0 Å². The Balaban J connectivity index is 1.84. The summed E-state index contributed by atoms with van der Waals surface area (Å²) in [5.41, 5.74) is 0.918. The van der Waals surface area contributed by atoms with Crippen LogP contribution in [0.15, 0.2) is 29.3 Å². The first-order valence-electron chi connectivity index (χ1n) is 5.91. The van der Waals surface area contributed by atoms with Crippen LogP contribution in [-0.4, -0.2) is 29.3 Å². The van der Waals surface area contributed by atoms with Crippen LogP contribution >= 0.6 is 11.6 Å². The van der Waals surface area contributed by atoms with Crippen molar-refractivity contribution >= 4 is 17.5 Å². The predicted molar refractivity (Wildman–Crippen MR) is 66.5 cm³/mol. The molecule has 0 saturated heterocycles. The number of hydrogen-bond acceptors (Lipinski definition) is 3. The van der Waals surface area contributed by atoms with Crippen molar-refractivity contribution in [2.24, 2.45) is 4.99 Å². The van der Waals surface area contributed by atoms with E-state index in [2.05, 4.69) is 4.99 Å². The van der Waals surface area contributed by atoms with Crippen molar-refractivity contribution < 1.29 is 9.84 Å². The quantitative estimate of drug-likeness (QED) is 0.833. The third-order valence-corrected chi connectivity index (χ3v) is 3.58. The van der Waals surface area contributed by atoms with Gasteiger partial charge in [0.1, 0.15) is 6.10 Å². The lowest BCUT2D eigenvalue weighted by molar-refractivity contribution is 0.0625. The number of aliphatic imine (C=N–C) groups is 1. The van der Waals surface area contributed by atoms with Crippen LogP contribution in [0.2, 0.25) is 5.02 Å². The van der Waals surface area contributed by atoms with E-state index in [-0.39, 0.29) is 18.2 Å². The molecule has 3 rings (SSSR count). The summed E-state index contributed by atoms with van der Waals surface area (Å²) in [6, 6.07) is 7.62. The molecule has 90 valence electrons. The molecule has 17 heavy (non-hydrogen) atoms. The van der Waals surface area contributed by atoms with Gasteiger partial charge in [-0.15, -0.1) is 0 Å². The predicted octanol–water partition coefficient (Wildman–Crippen LogP) is 2.40. The molecule has 1 aromatic rings. The zero-order chi connectivity index (χ0) is 11.8. The highest BCUT2D eigenvalue weighted by molar-refractivity contribution is 6.30. The summed E-state index contributed by atoms with van der Waals surface area (Å²) < 4.78 is 5.83. The monoisotopic (exact) mass is 251 g/mol. The first kappa shape index (κ1) is 11.1. The van der Waals surface area contributed by atoms with Gasteiger partial charge < -0.3 is 9.84 Å². The maximum Gasteiger partial charge on any atom is 0.216 e. The van der Waals surface area contributed by atoms with Crippen molar-refractivity contribution in [3.63, 3.8) is 0 Å². The van der Waals surface area contributed by atoms with Crippen molar-refractivity contribution in [1.29, 1.82) is 0 Å². The number of ether oxygens (including phenoxy) is 1. The van der Waals surface area contributed by atoms with Gasteiger partial charge in [-0.2, -0.15) is 0 Å². The van der Waals surface area contributed by atoms with Crippen LogP contribution < -0.4 is 0 Å². The van der Waals surface area contributed by atoms with E-state index in [1.54, 1.807) is 0 Å². The molecule has 3 unspecified atom stereocenters. The molecule has 4 heteroatoms. The maximum atomic E-state index is 9.61. The van der Waals surface area contributed by atoms with Gasteiger partial charge in [0, 0.05) is 10.6 Å². The topological polar surface area (TPSA) is 41.8 Å². The van der Waals surface area contributed by atoms with Crippen LogP contribution in [0.25, 0.3) is 0 Å². The van der Waals surface area contributed by atoms with Crippen molar-refractivity contribution in [3.8, 4) is 0 Å². The normalized spacial score (nSPS) is 31.6. The molecule has 1 fully saturated rings. The average Bonchev–Trinajstić information content (AvgIpc) is 2.72. The first-order valence-corrected chi connectivity index (χ1v) is 6.28. The second-order valence-electron chi connectivity index (χ2n) is 4.64. The molecule has 0 radical (unpaired) electrons. The summed E-state index contributed by atoms with van der Waals surface area (Å²) in [5, 5.41) is 10.3. The Labute approximate surface area is 105 Å². The molecule has 0 bridgehead atoms. The molecule has 0 amide bonds. The van der Waals surface area contributed by atoms with Crippen molar-refractivity contribution in [2.75, 3.05) is 0 Å². The van der Waals surface area contributed by atoms with E-state index in [0.717, 1.165) is 18.4 Å². The van der Waals surface area contributed by atoms with E-state index in [1.165, 1.54) is 0 Å². The average molecular weight is 252 g/mol. The molecule has 1 N–H and O–H groups in total. The molecule has 0 aromatic heterocycles. The Morgan fingerprint density at radius 3 is 3.06 bits per heavy atom. The zero-order valence-corrected chi connectivity index (χ0v) is 10.1. The van der Waals surface area contributed by atoms with Crippen LogP contribution in [0, 0.1) is 0 Å². The summed E-state index contributed by atoms with van der Waals surface area (Å²) in [5.74, 6) is 0.664. The summed E-state index contributed by atoms with van der Waals surface area (Å²) in [4.78, 5) is 4.55. The van der Waals surface area contributed by atoms with Gasteiger partial charge in [-0.1, -0.05) is 17.7 Å². The minimum Gasteiger partial charge on any atom is -0.472 e. The van der Waals surface area contributed by atoms with Gasteiger partial charge in [-0.25, -0.2) is 4.99 Å². The van der Waals surface area contributed by atoms with E-state index < -0.39 is 0 Å². The van der Waals surface area contributed by atoms with E-state index in [4.69, 9.17) is 16.3 Å². The minimum absolute atomic E-state index is 0.104. The van der Waals surface area contributed by atoms with Gasteiger partial charge in [0.05, 0.1) is 12.1 Å². The van der Waals surface area contributed by atoms with Gasteiger partial charge in [-0.05, 0) is 37.5 Å². The van der Waals surface area contributed by atoms with Gasteiger partial charge in [-0.3, -0.25) is 0 Å². The lowest BCUT2D eigenvalue weighted by Crippen LogP contribution is -2.33. The fourth-order valence-electron chi connectivity index (χ4n) is 2.46. The molecule has 2 aliphatic rings. The van der Waals surface area contributed by atoms with Crippen molar-refractivity contribution in [2.45, 2.75) is 37.5 Å². The minimum atomic E-state index is -0.234. The van der Waals surface area contributed by atoms with Crippen LogP contribution in [0.4, 0.5) is 0 Å². The van der Waals surface area contributed by atoms with E-state index in [1.807, 2.05) is 24.3 Å². The second kappa shape index (κ2) is 4.31. The van der Waals surface area contributed by atoms with E-state index in [9.17, 15) is 5.11 Å². The number of halogens is 1. The highest BCUT2D eigenvalue weighted by Gasteiger charge is 2.36. The SMILES string of the molecule is OC1CCC2OC(c3cccc(Cl)c3)=NC2C1. The lowest BCUT2D eigenvalue weighted by Gasteiger charge is -2.25. The molecule has 0 spiro atoms. The van der Waals surface area contributed by atoms with Gasteiger partial charge in [0.2, 0.25) is 5.90 Å². The zero-order valence-electron chi connectivity index (χ0n) is 9.34. The van der Waals surface area contributed by atoms with Crippen molar-refractivity contribution in [1.82, 2.24) is 0 Å². The Morgan fingerprint density at radius 2 is 2.24 bits per heavy atom. The molecular weight excluding hydrogens is 238 g/mol. The summed E-state index contributed by atoms with van der Waals surface area (Å²) in [6.45, 7) is 0. The Hall–Kier alpha value is -1.06. The molecule has 1 aliphatic heterocycles. The highest BCUT2D eigenvalue weighted by atomic mass is 35.5. The number of aliphatic hydroxyl groups excluding tert-OH is 1.